The van der Waals surface area contributed by atoms with Crippen molar-refractivity contribution in [1.29, 1.82) is 0 Å². The number of nitrogens with zero attached hydrogens (tertiary/aromatic N) is 1. The van der Waals surface area contributed by atoms with Gasteiger partial charge in [-0.25, -0.2) is 0 Å². The molecule has 3 heteroatoms. The van der Waals surface area contributed by atoms with Gasteiger partial charge >= 0.3 is 0 Å². The Morgan fingerprint density at radius 2 is 1.89 bits per heavy atom. The zero-order chi connectivity index (χ0) is 14.0. The minimum Gasteiger partial charge on any atom is -0.341 e. The van der Waals surface area contributed by atoms with E-state index in [1.165, 1.54) is 25.7 Å². The van der Waals surface area contributed by atoms with Crippen LogP contribution in [0, 0.1) is 17.3 Å². The van der Waals surface area contributed by atoms with Crippen molar-refractivity contribution < 1.29 is 4.79 Å². The van der Waals surface area contributed by atoms with Gasteiger partial charge in [-0.05, 0) is 43.9 Å². The highest BCUT2D eigenvalue weighted by Gasteiger charge is 2.45. The maximum Gasteiger partial charge on any atom is 0.228 e. The first kappa shape index (κ1) is 14.8. The molecule has 2 N–H and O–H groups in total. The van der Waals surface area contributed by atoms with Gasteiger partial charge in [-0.3, -0.25) is 4.79 Å². The summed E-state index contributed by atoms with van der Waals surface area (Å²) in [5, 5.41) is 0. The third-order valence-electron chi connectivity index (χ3n) is 5.04. The van der Waals surface area contributed by atoms with Crippen molar-refractivity contribution in [3.05, 3.63) is 0 Å². The average Bonchev–Trinajstić information content (AvgIpc) is 3.08. The lowest BCUT2D eigenvalue weighted by atomic mass is 9.77. The summed E-state index contributed by atoms with van der Waals surface area (Å²) < 4.78 is 0. The molecule has 0 heterocycles. The van der Waals surface area contributed by atoms with Gasteiger partial charge in [-0.2, -0.15) is 0 Å². The van der Waals surface area contributed by atoms with Gasteiger partial charge < -0.3 is 10.6 Å². The van der Waals surface area contributed by atoms with E-state index in [2.05, 4.69) is 13.8 Å². The summed E-state index contributed by atoms with van der Waals surface area (Å²) in [6, 6.07) is 0.275. The first-order valence-corrected chi connectivity index (χ1v) is 7.97. The molecule has 0 aromatic heterocycles. The molecule has 2 saturated carbocycles. The molecule has 0 bridgehead atoms. The van der Waals surface area contributed by atoms with E-state index in [0.717, 1.165) is 19.3 Å². The molecule has 3 nitrogen and oxygen atoms in total. The van der Waals surface area contributed by atoms with Crippen molar-refractivity contribution in [2.24, 2.45) is 23.0 Å². The van der Waals surface area contributed by atoms with Crippen LogP contribution in [0.4, 0.5) is 0 Å². The lowest BCUT2D eigenvalue weighted by Crippen LogP contribution is -2.49. The number of rotatable bonds is 6. The van der Waals surface area contributed by atoms with E-state index in [9.17, 15) is 4.79 Å². The molecule has 110 valence electrons. The number of carbonyl (C=O) groups is 1. The Morgan fingerprint density at radius 1 is 1.32 bits per heavy atom. The van der Waals surface area contributed by atoms with Gasteiger partial charge in [-0.15, -0.1) is 0 Å². The zero-order valence-corrected chi connectivity index (χ0v) is 12.8. The van der Waals surface area contributed by atoms with Gasteiger partial charge in [0.1, 0.15) is 0 Å². The molecule has 1 unspecified atom stereocenters. The molecular weight excluding hydrogens is 236 g/mol. The second-order valence-electron chi connectivity index (χ2n) is 7.14. The lowest BCUT2D eigenvalue weighted by molar-refractivity contribution is -0.144. The van der Waals surface area contributed by atoms with Gasteiger partial charge in [-0.1, -0.05) is 26.7 Å². The summed E-state index contributed by atoms with van der Waals surface area (Å²) in [4.78, 5) is 15.0. The molecule has 2 fully saturated rings. The largest absolute Gasteiger partial charge is 0.341 e. The standard InChI is InChI=1S/C16H30N2O/c1-12(2)10-16(8-4-5-9-16)15(19)18(3)14(11-17)13-6-7-13/h12-14H,4-11,17H2,1-3H3. The van der Waals surface area contributed by atoms with Crippen LogP contribution in [0.25, 0.3) is 0 Å². The van der Waals surface area contributed by atoms with Gasteiger partial charge in [0, 0.05) is 25.0 Å². The van der Waals surface area contributed by atoms with E-state index in [4.69, 9.17) is 5.73 Å². The molecule has 2 aliphatic rings. The van der Waals surface area contributed by atoms with Crippen LogP contribution >= 0.6 is 0 Å². The molecule has 1 atom stereocenters. The lowest BCUT2D eigenvalue weighted by Gasteiger charge is -2.37. The SMILES string of the molecule is CC(C)CC1(C(=O)N(C)C(CN)C2CC2)CCCC1. The topological polar surface area (TPSA) is 46.3 Å². The highest BCUT2D eigenvalue weighted by atomic mass is 16.2. The Hall–Kier alpha value is -0.570. The fourth-order valence-corrected chi connectivity index (χ4v) is 4.01. The van der Waals surface area contributed by atoms with Gasteiger partial charge in [0.05, 0.1) is 0 Å². The van der Waals surface area contributed by atoms with Crippen molar-refractivity contribution in [3.8, 4) is 0 Å². The highest BCUT2D eigenvalue weighted by Crippen LogP contribution is 2.45. The Kier molecular flexibility index (Phi) is 4.54. The summed E-state index contributed by atoms with van der Waals surface area (Å²) in [6.07, 6.45) is 8.12. The number of hydrogen-bond donors (Lipinski definition) is 1. The van der Waals surface area contributed by atoms with Crippen LogP contribution in [0.3, 0.4) is 0 Å². The molecular formula is C16H30N2O. The van der Waals surface area contributed by atoms with Gasteiger partial charge in [0.15, 0.2) is 0 Å². The van der Waals surface area contributed by atoms with Crippen molar-refractivity contribution in [2.75, 3.05) is 13.6 Å². The number of likely N-dealkylation sites (N-methyl/N-ethyl adjacent to an activating group) is 1. The Balaban J connectivity index is 2.09. The third-order valence-corrected chi connectivity index (χ3v) is 5.04. The van der Waals surface area contributed by atoms with Crippen molar-refractivity contribution in [2.45, 2.75) is 64.8 Å². The summed E-state index contributed by atoms with van der Waals surface area (Å²) in [7, 11) is 1.98. The van der Waals surface area contributed by atoms with E-state index < -0.39 is 0 Å². The van der Waals surface area contributed by atoms with Crippen LogP contribution in [0.2, 0.25) is 0 Å². The predicted molar refractivity (Wildman–Crippen MR) is 78.7 cm³/mol. The van der Waals surface area contributed by atoms with Crippen LogP contribution in [0.15, 0.2) is 0 Å². The second-order valence-corrected chi connectivity index (χ2v) is 7.14. The fraction of sp³-hybridized carbons (Fsp3) is 0.938. The Labute approximate surface area is 117 Å². The molecule has 0 aromatic carbocycles. The number of amides is 1. The van der Waals surface area contributed by atoms with E-state index in [0.29, 0.717) is 24.3 Å². The molecule has 1 amide bonds. The maximum atomic E-state index is 13.0. The maximum absolute atomic E-state index is 13.0. The monoisotopic (exact) mass is 266 g/mol. The molecule has 2 aliphatic carbocycles. The van der Waals surface area contributed by atoms with E-state index in [-0.39, 0.29) is 11.5 Å². The van der Waals surface area contributed by atoms with Crippen LogP contribution < -0.4 is 5.73 Å². The normalized spacial score (nSPS) is 23.6. The van der Waals surface area contributed by atoms with Crippen molar-refractivity contribution in [1.82, 2.24) is 4.90 Å². The Morgan fingerprint density at radius 3 is 2.32 bits per heavy atom. The summed E-state index contributed by atoms with van der Waals surface area (Å²) >= 11 is 0. The van der Waals surface area contributed by atoms with Crippen molar-refractivity contribution in [3.63, 3.8) is 0 Å². The predicted octanol–water partition coefficient (Wildman–Crippen LogP) is 2.79. The third kappa shape index (κ3) is 3.13. The number of nitrogens with two attached hydrogens (primary N) is 1. The van der Waals surface area contributed by atoms with Crippen molar-refractivity contribution >= 4 is 5.91 Å². The Bertz CT molecular complexity index is 317. The molecule has 19 heavy (non-hydrogen) atoms. The molecule has 2 rings (SSSR count). The molecule has 0 spiro atoms. The van der Waals surface area contributed by atoms with Crippen LogP contribution in [0.5, 0.6) is 0 Å². The van der Waals surface area contributed by atoms with E-state index in [1.807, 2.05) is 11.9 Å². The minimum absolute atomic E-state index is 0.0781. The summed E-state index contributed by atoms with van der Waals surface area (Å²) in [5.74, 6) is 1.63. The van der Waals surface area contributed by atoms with Crippen LogP contribution in [0.1, 0.15) is 58.8 Å². The zero-order valence-electron chi connectivity index (χ0n) is 12.8. The molecule has 0 aliphatic heterocycles. The number of carbonyl (C=O) groups excluding carboxylic acids is 1. The van der Waals surface area contributed by atoms with Gasteiger partial charge in [0.2, 0.25) is 5.91 Å². The second kappa shape index (κ2) is 5.82. The summed E-state index contributed by atoms with van der Waals surface area (Å²) in [6.45, 7) is 5.08. The van der Waals surface area contributed by atoms with Crippen LogP contribution in [-0.2, 0) is 4.79 Å². The first-order valence-electron chi connectivity index (χ1n) is 7.97. The quantitative estimate of drug-likeness (QED) is 0.803. The van der Waals surface area contributed by atoms with Gasteiger partial charge in [0.25, 0.3) is 0 Å². The first-order chi connectivity index (χ1) is 9.00. The fourth-order valence-electron chi connectivity index (χ4n) is 4.01. The van der Waals surface area contributed by atoms with Crippen LogP contribution in [-0.4, -0.2) is 30.4 Å². The molecule has 0 radical (unpaired) electrons. The highest BCUT2D eigenvalue weighted by molar-refractivity contribution is 5.83. The smallest absolute Gasteiger partial charge is 0.228 e. The minimum atomic E-state index is -0.0781. The summed E-state index contributed by atoms with van der Waals surface area (Å²) in [5.41, 5.74) is 5.82. The van der Waals surface area contributed by atoms with E-state index >= 15 is 0 Å². The van der Waals surface area contributed by atoms with E-state index in [1.54, 1.807) is 0 Å². The molecule has 0 saturated heterocycles. The average molecular weight is 266 g/mol. The molecule has 0 aromatic rings. The number of hydrogen-bond acceptors (Lipinski definition) is 2.